The second-order valence-electron chi connectivity index (χ2n) is 6.10. The second kappa shape index (κ2) is 6.09. The van der Waals surface area contributed by atoms with E-state index in [-0.39, 0.29) is 5.54 Å². The third-order valence-corrected chi connectivity index (χ3v) is 4.19. The fourth-order valence-corrected chi connectivity index (χ4v) is 3.00. The Hall–Kier alpha value is -0.810. The van der Waals surface area contributed by atoms with E-state index in [4.69, 9.17) is 0 Å². The van der Waals surface area contributed by atoms with Gasteiger partial charge in [-0.2, -0.15) is 11.8 Å². The number of thioether (sulfide) groups is 1. The molecule has 4 nitrogen and oxygen atoms in total. The molecule has 1 saturated heterocycles. The molecular formula is C14H24N4S. The van der Waals surface area contributed by atoms with Crippen LogP contribution >= 0.6 is 11.8 Å². The Morgan fingerprint density at radius 1 is 1.37 bits per heavy atom. The highest BCUT2D eigenvalue weighted by atomic mass is 32.2. The molecule has 1 aromatic heterocycles. The summed E-state index contributed by atoms with van der Waals surface area (Å²) in [5, 5.41) is 4.10. The van der Waals surface area contributed by atoms with Gasteiger partial charge in [0.25, 0.3) is 0 Å². The van der Waals surface area contributed by atoms with Crippen molar-refractivity contribution in [2.24, 2.45) is 0 Å². The Morgan fingerprint density at radius 3 is 2.74 bits per heavy atom. The van der Waals surface area contributed by atoms with E-state index in [2.05, 4.69) is 47.9 Å². The minimum atomic E-state index is 0.111. The third-order valence-electron chi connectivity index (χ3n) is 3.06. The van der Waals surface area contributed by atoms with Crippen LogP contribution in [0.1, 0.15) is 33.4 Å². The molecule has 0 aliphatic carbocycles. The summed E-state index contributed by atoms with van der Waals surface area (Å²) in [6.07, 6.45) is 3.79. The molecule has 1 unspecified atom stereocenters. The number of rotatable bonds is 3. The quantitative estimate of drug-likeness (QED) is 0.920. The maximum atomic E-state index is 4.55. The summed E-state index contributed by atoms with van der Waals surface area (Å²) in [6, 6.07) is 0. The number of aromatic nitrogens is 2. The average molecular weight is 280 g/mol. The van der Waals surface area contributed by atoms with Crippen molar-refractivity contribution in [1.82, 2.24) is 15.3 Å². The number of hydrogen-bond donors (Lipinski definition) is 1. The number of nitrogens with zero attached hydrogens (tertiary/aromatic N) is 3. The highest BCUT2D eigenvalue weighted by Crippen LogP contribution is 2.21. The topological polar surface area (TPSA) is 41.1 Å². The predicted molar refractivity (Wildman–Crippen MR) is 82.8 cm³/mol. The van der Waals surface area contributed by atoms with Crippen LogP contribution in [-0.4, -0.2) is 39.6 Å². The fourth-order valence-electron chi connectivity index (χ4n) is 1.98. The largest absolute Gasteiger partial charge is 0.353 e. The number of anilines is 1. The summed E-state index contributed by atoms with van der Waals surface area (Å²) in [5.74, 6) is 2.18. The van der Waals surface area contributed by atoms with E-state index in [1.54, 1.807) is 0 Å². The van der Waals surface area contributed by atoms with Crippen molar-refractivity contribution in [3.8, 4) is 0 Å². The summed E-state index contributed by atoms with van der Waals surface area (Å²) in [4.78, 5) is 11.4. The molecule has 1 aliphatic rings. The third kappa shape index (κ3) is 4.66. The van der Waals surface area contributed by atoms with Crippen molar-refractivity contribution < 1.29 is 0 Å². The molecule has 0 saturated carbocycles. The molecule has 106 valence electrons. The molecule has 2 rings (SSSR count). The molecule has 1 atom stereocenters. The molecule has 19 heavy (non-hydrogen) atoms. The van der Waals surface area contributed by atoms with Gasteiger partial charge in [0.1, 0.15) is 5.82 Å². The van der Waals surface area contributed by atoms with Gasteiger partial charge in [-0.25, -0.2) is 4.98 Å². The molecule has 1 aliphatic heterocycles. The van der Waals surface area contributed by atoms with Crippen molar-refractivity contribution in [3.05, 3.63) is 18.1 Å². The minimum absolute atomic E-state index is 0.111. The van der Waals surface area contributed by atoms with E-state index in [9.17, 15) is 0 Å². The lowest BCUT2D eigenvalue weighted by molar-refractivity contribution is 0.421. The summed E-state index contributed by atoms with van der Waals surface area (Å²) in [7, 11) is 0. The van der Waals surface area contributed by atoms with Crippen LogP contribution < -0.4 is 10.2 Å². The second-order valence-corrected chi connectivity index (χ2v) is 7.64. The smallest absolute Gasteiger partial charge is 0.147 e. The van der Waals surface area contributed by atoms with E-state index in [0.717, 1.165) is 31.1 Å². The first-order valence-corrected chi connectivity index (χ1v) is 7.91. The lowest BCUT2D eigenvalue weighted by Crippen LogP contribution is -2.37. The van der Waals surface area contributed by atoms with E-state index in [1.807, 2.05) is 24.2 Å². The van der Waals surface area contributed by atoms with Crippen LogP contribution in [0.25, 0.3) is 0 Å². The SMILES string of the molecule is CC1CN(c2cnc(CNC(C)(C)C)cn2)CCS1. The summed E-state index contributed by atoms with van der Waals surface area (Å²) in [5.41, 5.74) is 1.11. The zero-order valence-electron chi connectivity index (χ0n) is 12.3. The number of nitrogens with one attached hydrogen (secondary N) is 1. The van der Waals surface area contributed by atoms with Crippen LogP contribution in [0.2, 0.25) is 0 Å². The molecule has 0 bridgehead atoms. The van der Waals surface area contributed by atoms with Crippen LogP contribution in [0.3, 0.4) is 0 Å². The van der Waals surface area contributed by atoms with Crippen LogP contribution in [0.4, 0.5) is 5.82 Å². The molecule has 0 radical (unpaired) electrons. The Bertz CT molecular complexity index is 399. The van der Waals surface area contributed by atoms with Crippen LogP contribution in [-0.2, 0) is 6.54 Å². The first-order chi connectivity index (χ1) is 8.94. The normalized spacial score (nSPS) is 20.6. The zero-order chi connectivity index (χ0) is 13.9. The van der Waals surface area contributed by atoms with Gasteiger partial charge in [-0.1, -0.05) is 6.92 Å². The first kappa shape index (κ1) is 14.6. The van der Waals surface area contributed by atoms with Crippen LogP contribution in [0, 0.1) is 0 Å². The molecule has 0 spiro atoms. The average Bonchev–Trinajstić information content (AvgIpc) is 2.36. The van der Waals surface area contributed by atoms with Gasteiger partial charge in [0, 0.05) is 36.2 Å². The fraction of sp³-hybridized carbons (Fsp3) is 0.714. The molecular weight excluding hydrogens is 256 g/mol. The van der Waals surface area contributed by atoms with Crippen LogP contribution in [0.5, 0.6) is 0 Å². The zero-order valence-corrected chi connectivity index (χ0v) is 13.1. The molecule has 0 amide bonds. The van der Waals surface area contributed by atoms with Gasteiger partial charge in [-0.15, -0.1) is 0 Å². The predicted octanol–water partition coefficient (Wildman–Crippen LogP) is 2.31. The van der Waals surface area contributed by atoms with Gasteiger partial charge >= 0.3 is 0 Å². The highest BCUT2D eigenvalue weighted by molar-refractivity contribution is 8.00. The van der Waals surface area contributed by atoms with E-state index in [1.165, 1.54) is 5.75 Å². The Kier molecular flexibility index (Phi) is 4.68. The molecule has 1 aromatic rings. The van der Waals surface area contributed by atoms with Gasteiger partial charge in [0.05, 0.1) is 18.1 Å². The lowest BCUT2D eigenvalue weighted by atomic mass is 10.1. The molecule has 1 fully saturated rings. The monoisotopic (exact) mass is 280 g/mol. The van der Waals surface area contributed by atoms with E-state index >= 15 is 0 Å². The first-order valence-electron chi connectivity index (χ1n) is 6.86. The van der Waals surface area contributed by atoms with Crippen molar-refractivity contribution in [1.29, 1.82) is 0 Å². The van der Waals surface area contributed by atoms with E-state index in [0.29, 0.717) is 5.25 Å². The summed E-state index contributed by atoms with van der Waals surface area (Å²) in [6.45, 7) is 11.6. The maximum Gasteiger partial charge on any atom is 0.147 e. The van der Waals surface area contributed by atoms with Crippen LogP contribution in [0.15, 0.2) is 12.4 Å². The van der Waals surface area contributed by atoms with Gasteiger partial charge in [-0.3, -0.25) is 4.98 Å². The van der Waals surface area contributed by atoms with Gasteiger partial charge in [0.15, 0.2) is 0 Å². The van der Waals surface area contributed by atoms with E-state index < -0.39 is 0 Å². The van der Waals surface area contributed by atoms with Crippen molar-refractivity contribution in [2.45, 2.75) is 45.0 Å². The van der Waals surface area contributed by atoms with Gasteiger partial charge in [-0.05, 0) is 20.8 Å². The Balaban J connectivity index is 1.94. The molecule has 1 N–H and O–H groups in total. The summed E-state index contributed by atoms with van der Waals surface area (Å²) >= 11 is 2.03. The molecule has 5 heteroatoms. The van der Waals surface area contributed by atoms with Gasteiger partial charge in [0.2, 0.25) is 0 Å². The standard InChI is InChI=1S/C14H24N4S/c1-11-10-18(5-6-19-11)13-9-15-12(7-16-13)8-17-14(2,3)4/h7,9,11,17H,5-6,8,10H2,1-4H3. The molecule has 2 heterocycles. The minimum Gasteiger partial charge on any atom is -0.353 e. The van der Waals surface area contributed by atoms with Gasteiger partial charge < -0.3 is 10.2 Å². The molecule has 0 aromatic carbocycles. The Morgan fingerprint density at radius 2 is 2.16 bits per heavy atom. The van der Waals surface area contributed by atoms with Crippen molar-refractivity contribution in [2.75, 3.05) is 23.7 Å². The number of hydrogen-bond acceptors (Lipinski definition) is 5. The lowest BCUT2D eigenvalue weighted by Gasteiger charge is -2.31. The summed E-state index contributed by atoms with van der Waals surface area (Å²) < 4.78 is 0. The van der Waals surface area contributed by atoms with Crippen molar-refractivity contribution >= 4 is 17.6 Å². The Labute approximate surface area is 120 Å². The highest BCUT2D eigenvalue weighted by Gasteiger charge is 2.18. The maximum absolute atomic E-state index is 4.55. The van der Waals surface area contributed by atoms with Crippen molar-refractivity contribution in [3.63, 3.8) is 0 Å².